The third kappa shape index (κ3) is 11.8. The van der Waals surface area contributed by atoms with E-state index in [4.69, 9.17) is 9.47 Å². The highest BCUT2D eigenvalue weighted by Gasteiger charge is 2.33. The van der Waals surface area contributed by atoms with Crippen LogP contribution in [0.15, 0.2) is 0 Å². The van der Waals surface area contributed by atoms with E-state index >= 15 is 0 Å². The van der Waals surface area contributed by atoms with E-state index in [1.165, 1.54) is 7.11 Å². The molecule has 110 valence electrons. The molecule has 1 saturated heterocycles. The summed E-state index contributed by atoms with van der Waals surface area (Å²) in [5.41, 5.74) is 0. The third-order valence-corrected chi connectivity index (χ3v) is 1.69. The Morgan fingerprint density at radius 2 is 1.78 bits per heavy atom. The number of hydrogen-bond donors (Lipinski definition) is 0. The Bertz CT molecular complexity index is 214. The Labute approximate surface area is 111 Å². The van der Waals surface area contributed by atoms with Gasteiger partial charge in [0, 0.05) is 0 Å². The van der Waals surface area contributed by atoms with Crippen LogP contribution in [0.25, 0.3) is 0 Å². The van der Waals surface area contributed by atoms with Gasteiger partial charge in [0.05, 0.1) is 26.2 Å². The van der Waals surface area contributed by atoms with Gasteiger partial charge in [-0.25, -0.2) is 0 Å². The lowest BCUT2D eigenvalue weighted by molar-refractivity contribution is -0.152. The summed E-state index contributed by atoms with van der Waals surface area (Å²) < 4.78 is 15.2. The molecule has 0 aliphatic carbocycles. The van der Waals surface area contributed by atoms with Gasteiger partial charge in [-0.3, -0.25) is 4.79 Å². The minimum absolute atomic E-state index is 0.160. The first-order valence-corrected chi connectivity index (χ1v) is 6.26. The van der Waals surface area contributed by atoms with Crippen LogP contribution in [-0.4, -0.2) is 57.6 Å². The molecule has 5 nitrogen and oxygen atoms in total. The van der Waals surface area contributed by atoms with Crippen molar-refractivity contribution in [2.75, 3.05) is 34.9 Å². The molecule has 0 radical (unpaired) electrons. The predicted octanol–water partition coefficient (Wildman–Crippen LogP) is 1.90. The number of ether oxygens (including phenoxy) is 3. The number of nitrogens with zero attached hydrogens (tertiary/aromatic N) is 1. The molecule has 0 bridgehead atoms. The molecule has 0 saturated carbocycles. The minimum Gasteiger partial charge on any atom is -0.469 e. The van der Waals surface area contributed by atoms with Crippen LogP contribution in [0, 0.1) is 0 Å². The van der Waals surface area contributed by atoms with Crippen molar-refractivity contribution in [3.8, 4) is 0 Å². The van der Waals surface area contributed by atoms with Crippen molar-refractivity contribution < 1.29 is 19.0 Å². The number of rotatable bonds is 2. The third-order valence-electron chi connectivity index (χ3n) is 1.69. The average molecular weight is 263 g/mol. The highest BCUT2D eigenvalue weighted by Crippen LogP contribution is 2.23. The molecule has 0 N–H and O–H groups in total. The first-order valence-electron chi connectivity index (χ1n) is 6.26. The van der Waals surface area contributed by atoms with Crippen LogP contribution in [0.4, 0.5) is 0 Å². The van der Waals surface area contributed by atoms with Gasteiger partial charge in [-0.15, -0.1) is 0 Å². The largest absolute Gasteiger partial charge is 0.469 e. The second kappa shape index (κ2) is 10.3. The van der Waals surface area contributed by atoms with E-state index in [9.17, 15) is 4.79 Å². The van der Waals surface area contributed by atoms with Crippen molar-refractivity contribution >= 4 is 5.97 Å². The van der Waals surface area contributed by atoms with Gasteiger partial charge in [0.15, 0.2) is 5.79 Å². The Hall–Kier alpha value is -0.650. The maximum Gasteiger partial charge on any atom is 0.308 e. The number of methoxy groups -OCH3 is 1. The maximum atomic E-state index is 10.8. The van der Waals surface area contributed by atoms with Crippen LogP contribution in [0.5, 0.6) is 0 Å². The van der Waals surface area contributed by atoms with Crippen LogP contribution < -0.4 is 0 Å². The summed E-state index contributed by atoms with van der Waals surface area (Å²) in [5, 5.41) is 0. The second-order valence-corrected chi connectivity index (χ2v) is 4.57. The molecule has 5 heteroatoms. The monoisotopic (exact) mass is 263 g/mol. The molecule has 1 rings (SSSR count). The fourth-order valence-corrected chi connectivity index (χ4v) is 1.13. The van der Waals surface area contributed by atoms with Gasteiger partial charge in [0.2, 0.25) is 0 Å². The highest BCUT2D eigenvalue weighted by atomic mass is 16.7. The molecule has 0 aromatic heterocycles. The van der Waals surface area contributed by atoms with Gasteiger partial charge in [0.1, 0.15) is 0 Å². The van der Waals surface area contributed by atoms with Gasteiger partial charge in [-0.1, -0.05) is 13.8 Å². The van der Waals surface area contributed by atoms with E-state index in [0.717, 1.165) is 0 Å². The van der Waals surface area contributed by atoms with Gasteiger partial charge < -0.3 is 19.1 Å². The van der Waals surface area contributed by atoms with Crippen molar-refractivity contribution in [3.63, 3.8) is 0 Å². The molecule has 1 unspecified atom stereocenters. The molecule has 0 spiro atoms. The lowest BCUT2D eigenvalue weighted by atomic mass is 10.3. The van der Waals surface area contributed by atoms with Crippen molar-refractivity contribution in [2.24, 2.45) is 0 Å². The molecular formula is C13H29NO4. The van der Waals surface area contributed by atoms with E-state index in [2.05, 4.69) is 4.74 Å². The van der Waals surface area contributed by atoms with Gasteiger partial charge in [0.25, 0.3) is 0 Å². The van der Waals surface area contributed by atoms with Gasteiger partial charge in [-0.05, 0) is 35.0 Å². The second-order valence-electron chi connectivity index (χ2n) is 4.57. The number of carbonyl (C=O) groups excluding carboxylic acids is 1. The van der Waals surface area contributed by atoms with Crippen LogP contribution in [0.3, 0.4) is 0 Å². The standard InChI is InChI=1S/C8H14O4.C3H9N.C2H6/c1-8(2)11-5-6(12-8)4-7(9)10-3;1-4(2)3;1-2/h6H,4-5H2,1-3H3;1-3H3;1-2H3. The molecule has 1 aliphatic heterocycles. The number of esters is 1. The fourth-order valence-electron chi connectivity index (χ4n) is 1.13. The molecule has 1 fully saturated rings. The first kappa shape index (κ1) is 19.7. The molecule has 1 atom stereocenters. The van der Waals surface area contributed by atoms with E-state index in [1.807, 2.05) is 53.7 Å². The topological polar surface area (TPSA) is 48.0 Å². The zero-order chi connectivity index (χ0) is 14.8. The van der Waals surface area contributed by atoms with E-state index in [1.54, 1.807) is 0 Å². The zero-order valence-electron chi connectivity index (χ0n) is 13.1. The summed E-state index contributed by atoms with van der Waals surface area (Å²) >= 11 is 0. The maximum absolute atomic E-state index is 10.8. The number of carbonyl (C=O) groups is 1. The highest BCUT2D eigenvalue weighted by molar-refractivity contribution is 5.69. The van der Waals surface area contributed by atoms with Gasteiger partial charge in [-0.2, -0.15) is 0 Å². The number of hydrogen-bond acceptors (Lipinski definition) is 5. The van der Waals surface area contributed by atoms with E-state index < -0.39 is 5.79 Å². The molecule has 0 amide bonds. The fraction of sp³-hybridized carbons (Fsp3) is 0.923. The zero-order valence-corrected chi connectivity index (χ0v) is 13.1. The van der Waals surface area contributed by atoms with Crippen molar-refractivity contribution in [2.45, 2.75) is 46.0 Å². The lowest BCUT2D eigenvalue weighted by Crippen LogP contribution is -2.23. The van der Waals surface area contributed by atoms with E-state index in [-0.39, 0.29) is 18.5 Å². The molecule has 1 aliphatic rings. The van der Waals surface area contributed by atoms with Crippen molar-refractivity contribution in [1.29, 1.82) is 0 Å². The molecule has 1 heterocycles. The summed E-state index contributed by atoms with van der Waals surface area (Å²) in [7, 11) is 7.36. The van der Waals surface area contributed by atoms with Crippen LogP contribution in [0.2, 0.25) is 0 Å². The average Bonchev–Trinajstić information content (AvgIpc) is 2.60. The van der Waals surface area contributed by atoms with Gasteiger partial charge >= 0.3 is 5.97 Å². The lowest BCUT2D eigenvalue weighted by Gasteiger charge is -2.16. The van der Waals surface area contributed by atoms with Crippen molar-refractivity contribution in [1.82, 2.24) is 4.90 Å². The SMILES string of the molecule is CC.CN(C)C.COC(=O)CC1COC(C)(C)O1. The first-order chi connectivity index (χ1) is 8.26. The van der Waals surface area contributed by atoms with Crippen LogP contribution >= 0.6 is 0 Å². The summed E-state index contributed by atoms with van der Waals surface area (Å²) in [4.78, 5) is 12.8. The Morgan fingerprint density at radius 1 is 1.33 bits per heavy atom. The van der Waals surface area contributed by atoms with Crippen molar-refractivity contribution in [3.05, 3.63) is 0 Å². The van der Waals surface area contributed by atoms with Crippen LogP contribution in [-0.2, 0) is 19.0 Å². The summed E-state index contributed by atoms with van der Waals surface area (Å²) in [6.07, 6.45) is 0.104. The molecule has 0 aromatic carbocycles. The van der Waals surface area contributed by atoms with Crippen LogP contribution in [0.1, 0.15) is 34.1 Å². The normalized spacial score (nSPS) is 20.4. The summed E-state index contributed by atoms with van der Waals surface area (Å²) in [5.74, 6) is -0.820. The summed E-state index contributed by atoms with van der Waals surface area (Å²) in [6.45, 7) is 8.11. The Balaban J connectivity index is 0. The predicted molar refractivity (Wildman–Crippen MR) is 72.5 cm³/mol. The molecular weight excluding hydrogens is 234 g/mol. The Kier molecular flexibility index (Phi) is 11.3. The summed E-state index contributed by atoms with van der Waals surface area (Å²) in [6, 6.07) is 0. The van der Waals surface area contributed by atoms with E-state index in [0.29, 0.717) is 6.61 Å². The molecule has 0 aromatic rings. The Morgan fingerprint density at radius 3 is 2.06 bits per heavy atom. The molecule has 18 heavy (non-hydrogen) atoms. The smallest absolute Gasteiger partial charge is 0.308 e. The quantitative estimate of drug-likeness (QED) is 0.712. The minimum atomic E-state index is -0.557.